The normalized spacial score (nSPS) is 23.7. The molecule has 1 saturated heterocycles. The van der Waals surface area contributed by atoms with Crippen molar-refractivity contribution in [1.29, 1.82) is 0 Å². The molecule has 196 valence electrons. The zero-order valence-corrected chi connectivity index (χ0v) is 21.3. The molecular weight excluding hydrogens is 461 g/mol. The molecule has 0 radical (unpaired) electrons. The van der Waals surface area contributed by atoms with E-state index in [4.69, 9.17) is 0 Å². The number of nitrogens with zero attached hydrogens (tertiary/aromatic N) is 3. The van der Waals surface area contributed by atoms with Crippen molar-refractivity contribution in [3.8, 4) is 0 Å². The first-order valence-corrected chi connectivity index (χ1v) is 12.1. The molecule has 2 aliphatic rings. The lowest BCUT2D eigenvalue weighted by Crippen LogP contribution is -2.59. The van der Waals surface area contributed by atoms with E-state index in [1.165, 1.54) is 11.0 Å². The van der Waals surface area contributed by atoms with Crippen molar-refractivity contribution >= 4 is 17.8 Å². The van der Waals surface area contributed by atoms with Gasteiger partial charge in [-0.25, -0.2) is 9.78 Å². The lowest BCUT2D eigenvalue weighted by Gasteiger charge is -2.41. The molecule has 2 heterocycles. The molecule has 2 fully saturated rings. The Bertz CT molecular complexity index is 939. The topological polar surface area (TPSA) is 85.8 Å². The number of hydrogen-bond acceptors (Lipinski definition) is 4. The van der Waals surface area contributed by atoms with Crippen LogP contribution in [0.1, 0.15) is 66.5 Å². The fraction of sp³-hybridized carbons (Fsp3) is 0.720. The summed E-state index contributed by atoms with van der Waals surface area (Å²) in [6, 6.07) is 2.89. The van der Waals surface area contributed by atoms with Gasteiger partial charge in [0.25, 0.3) is 0 Å². The van der Waals surface area contributed by atoms with Crippen LogP contribution in [0.3, 0.4) is 0 Å². The van der Waals surface area contributed by atoms with Gasteiger partial charge in [0.05, 0.1) is 0 Å². The number of halogens is 3. The fourth-order valence-corrected chi connectivity index (χ4v) is 5.44. The number of amides is 2. The molecule has 1 aliphatic carbocycles. The summed E-state index contributed by atoms with van der Waals surface area (Å²) < 4.78 is 39.3. The number of pyridine rings is 1. The molecule has 3 rings (SSSR count). The van der Waals surface area contributed by atoms with E-state index in [2.05, 4.69) is 10.3 Å². The first kappa shape index (κ1) is 27.1. The summed E-state index contributed by atoms with van der Waals surface area (Å²) in [4.78, 5) is 32.5. The van der Waals surface area contributed by atoms with E-state index in [0.717, 1.165) is 18.9 Å². The largest absolute Gasteiger partial charge is 0.465 e. The molecule has 0 aromatic carbocycles. The Balaban J connectivity index is 1.76. The van der Waals surface area contributed by atoms with E-state index in [9.17, 15) is 27.9 Å². The number of aromatic nitrogens is 1. The molecule has 10 heteroatoms. The van der Waals surface area contributed by atoms with E-state index in [1.807, 2.05) is 25.7 Å². The number of rotatable bonds is 5. The number of carbonyl (C=O) groups is 2. The molecule has 2 N–H and O–H groups in total. The number of nitrogens with one attached hydrogen (secondary N) is 1. The summed E-state index contributed by atoms with van der Waals surface area (Å²) in [6.07, 6.45) is -3.68. The Hall–Kier alpha value is -2.52. The van der Waals surface area contributed by atoms with Crippen LogP contribution in [0, 0.1) is 17.3 Å². The minimum atomic E-state index is -4.51. The summed E-state index contributed by atoms with van der Waals surface area (Å²) in [5, 5.41) is 13.0. The molecule has 2 amide bonds. The summed E-state index contributed by atoms with van der Waals surface area (Å²) in [5.74, 6) is 0.266. The third-order valence-electron chi connectivity index (χ3n) is 6.88. The van der Waals surface area contributed by atoms with Crippen LogP contribution in [0.15, 0.2) is 18.2 Å². The van der Waals surface area contributed by atoms with Gasteiger partial charge in [0.15, 0.2) is 0 Å². The third-order valence-corrected chi connectivity index (χ3v) is 6.88. The van der Waals surface area contributed by atoms with Gasteiger partial charge < -0.3 is 15.3 Å². The van der Waals surface area contributed by atoms with Crippen LogP contribution < -0.4 is 10.2 Å². The summed E-state index contributed by atoms with van der Waals surface area (Å²) in [7, 11) is 0. The van der Waals surface area contributed by atoms with Crippen LogP contribution in [0.25, 0.3) is 0 Å². The van der Waals surface area contributed by atoms with Crippen molar-refractivity contribution in [3.63, 3.8) is 0 Å². The second kappa shape index (κ2) is 9.50. The van der Waals surface area contributed by atoms with Gasteiger partial charge in [0.1, 0.15) is 17.6 Å². The molecule has 1 aromatic rings. The maximum atomic E-state index is 13.5. The van der Waals surface area contributed by atoms with Crippen molar-refractivity contribution in [3.05, 3.63) is 23.9 Å². The molecule has 1 aromatic heterocycles. The second-order valence-electron chi connectivity index (χ2n) is 12.0. The summed E-state index contributed by atoms with van der Waals surface area (Å²) >= 11 is 0. The van der Waals surface area contributed by atoms with Crippen LogP contribution in [-0.4, -0.2) is 57.7 Å². The van der Waals surface area contributed by atoms with E-state index in [-0.39, 0.29) is 35.0 Å². The van der Waals surface area contributed by atoms with Gasteiger partial charge in [0.2, 0.25) is 5.91 Å². The summed E-state index contributed by atoms with van der Waals surface area (Å²) in [5.41, 5.74) is -1.97. The zero-order valence-electron chi connectivity index (χ0n) is 21.3. The van der Waals surface area contributed by atoms with Gasteiger partial charge in [-0.05, 0) is 63.5 Å². The highest BCUT2D eigenvalue weighted by Crippen LogP contribution is 2.40. The zero-order chi connectivity index (χ0) is 26.3. The van der Waals surface area contributed by atoms with Crippen molar-refractivity contribution in [1.82, 2.24) is 15.2 Å². The molecule has 7 nitrogen and oxygen atoms in total. The SMILES string of the molecule is CC(C)(C)C[C@@H](C(=O)N[C@H]1CC[C@@H]2CN(c3cccc(C(F)(F)F)n3)C[C@@H]21)N(C(=O)O)C(C)(C)C. The maximum Gasteiger partial charge on any atom is 0.433 e. The van der Waals surface area contributed by atoms with E-state index in [1.54, 1.807) is 26.8 Å². The smallest absolute Gasteiger partial charge is 0.433 e. The van der Waals surface area contributed by atoms with Crippen LogP contribution in [0.4, 0.5) is 23.8 Å². The Morgan fingerprint density at radius 1 is 1.14 bits per heavy atom. The first-order valence-electron chi connectivity index (χ1n) is 12.1. The van der Waals surface area contributed by atoms with Gasteiger partial charge in [0, 0.05) is 30.6 Å². The quantitative estimate of drug-likeness (QED) is 0.596. The maximum absolute atomic E-state index is 13.5. The second-order valence-corrected chi connectivity index (χ2v) is 12.0. The van der Waals surface area contributed by atoms with Gasteiger partial charge in [-0.3, -0.25) is 9.69 Å². The number of carboxylic acid groups (broad SMARTS) is 1. The van der Waals surface area contributed by atoms with Gasteiger partial charge in [-0.15, -0.1) is 0 Å². The highest BCUT2D eigenvalue weighted by atomic mass is 19.4. The van der Waals surface area contributed by atoms with Crippen molar-refractivity contribution in [2.24, 2.45) is 17.3 Å². The minimum absolute atomic E-state index is 0.0681. The molecule has 35 heavy (non-hydrogen) atoms. The summed E-state index contributed by atoms with van der Waals surface area (Å²) in [6.45, 7) is 12.3. The number of anilines is 1. The highest BCUT2D eigenvalue weighted by molar-refractivity contribution is 5.86. The Kier molecular flexibility index (Phi) is 7.35. The lowest BCUT2D eigenvalue weighted by molar-refractivity contribution is -0.141. The molecule has 0 unspecified atom stereocenters. The van der Waals surface area contributed by atoms with E-state index in [0.29, 0.717) is 19.5 Å². The van der Waals surface area contributed by atoms with Crippen molar-refractivity contribution in [2.75, 3.05) is 18.0 Å². The standard InChI is InChI=1S/C25H37F3N4O3/c1-23(2,3)12-18(32(22(34)35)24(4,5)6)21(33)29-17-11-10-15-13-31(14-16(15)17)20-9-7-8-19(30-20)25(26,27)28/h7-9,15-18H,10-14H2,1-6H3,(H,29,33)(H,34,35)/t15-,16+,17+,18+/m1/s1. The molecular formula is C25H37F3N4O3. The van der Waals surface area contributed by atoms with E-state index < -0.39 is 29.5 Å². The van der Waals surface area contributed by atoms with Crippen LogP contribution in [0.2, 0.25) is 0 Å². The van der Waals surface area contributed by atoms with Crippen LogP contribution in [0.5, 0.6) is 0 Å². The van der Waals surface area contributed by atoms with Crippen LogP contribution in [-0.2, 0) is 11.0 Å². The Labute approximate surface area is 205 Å². The molecule has 1 aliphatic heterocycles. The van der Waals surface area contributed by atoms with Gasteiger partial charge >= 0.3 is 12.3 Å². The fourth-order valence-electron chi connectivity index (χ4n) is 5.44. The van der Waals surface area contributed by atoms with Crippen LogP contribution >= 0.6 is 0 Å². The number of carbonyl (C=O) groups excluding carboxylic acids is 1. The minimum Gasteiger partial charge on any atom is -0.465 e. The highest BCUT2D eigenvalue weighted by Gasteiger charge is 2.46. The molecule has 0 spiro atoms. The first-order chi connectivity index (χ1) is 16.0. The number of alkyl halides is 3. The monoisotopic (exact) mass is 498 g/mol. The molecule has 0 bridgehead atoms. The van der Waals surface area contributed by atoms with Gasteiger partial charge in [-0.1, -0.05) is 26.8 Å². The number of fused-ring (bicyclic) bond motifs is 1. The number of hydrogen-bond donors (Lipinski definition) is 2. The third kappa shape index (κ3) is 6.38. The average molecular weight is 499 g/mol. The Morgan fingerprint density at radius 3 is 2.34 bits per heavy atom. The molecule has 1 saturated carbocycles. The van der Waals surface area contributed by atoms with Gasteiger partial charge in [-0.2, -0.15) is 13.2 Å². The van der Waals surface area contributed by atoms with E-state index >= 15 is 0 Å². The van der Waals surface area contributed by atoms with Crippen molar-refractivity contribution < 1.29 is 27.9 Å². The average Bonchev–Trinajstić information content (AvgIpc) is 3.26. The Morgan fingerprint density at radius 2 is 1.80 bits per heavy atom. The lowest BCUT2D eigenvalue weighted by atomic mass is 9.85. The molecule has 4 atom stereocenters. The predicted octanol–water partition coefficient (Wildman–Crippen LogP) is 5.01. The predicted molar refractivity (Wildman–Crippen MR) is 127 cm³/mol. The van der Waals surface area contributed by atoms with Crippen molar-refractivity contribution in [2.45, 2.75) is 84.6 Å².